The van der Waals surface area contributed by atoms with Crippen molar-refractivity contribution in [2.75, 3.05) is 7.11 Å². The molecule has 4 rings (SSSR count). The number of hydrogen-bond donors (Lipinski definition) is 2. The van der Waals surface area contributed by atoms with Crippen LogP contribution in [0.15, 0.2) is 0 Å². The number of aliphatic hydroxyl groups excluding tert-OH is 1. The Morgan fingerprint density at radius 3 is 2.40 bits per heavy atom. The lowest BCUT2D eigenvalue weighted by molar-refractivity contribution is -0.152. The Bertz CT molecular complexity index is 676. The van der Waals surface area contributed by atoms with Crippen LogP contribution in [0, 0.1) is 46.3 Å². The van der Waals surface area contributed by atoms with Gasteiger partial charge >= 0.3 is 11.9 Å². The van der Waals surface area contributed by atoms with Crippen LogP contribution in [-0.4, -0.2) is 35.4 Å². The summed E-state index contributed by atoms with van der Waals surface area (Å²) in [5, 5.41) is 20.2. The molecular formula is C25H40O5. The molecule has 0 aromatic heterocycles. The molecule has 4 saturated carbocycles. The standard InChI is InChI=1S/C25H40O5/c1-24-12-10-16(26)14-15(24)4-5-17-19-7-8-20(25(19,2)13-11-21(17)24)18(23(28)29)6-9-22(27)30-3/h15-21,26H,4-14H2,1-3H3,(H,28,29)/t15-,16+,17?,18-,19?,20-,21?,24+,25+/m1/s1. The number of fused-ring (bicyclic) bond motifs is 5. The third kappa shape index (κ3) is 3.49. The van der Waals surface area contributed by atoms with Crippen LogP contribution in [0.1, 0.15) is 84.5 Å². The monoisotopic (exact) mass is 420 g/mol. The number of carboxylic acid groups (broad SMARTS) is 1. The normalized spacial score (nSPS) is 46.3. The second kappa shape index (κ2) is 8.11. The fraction of sp³-hybridized carbons (Fsp3) is 0.920. The van der Waals surface area contributed by atoms with Crippen molar-refractivity contribution in [3.63, 3.8) is 0 Å². The molecule has 0 saturated heterocycles. The molecule has 4 aliphatic carbocycles. The molecule has 5 nitrogen and oxygen atoms in total. The van der Waals surface area contributed by atoms with E-state index in [9.17, 15) is 19.8 Å². The van der Waals surface area contributed by atoms with Crippen LogP contribution in [0.4, 0.5) is 0 Å². The maximum absolute atomic E-state index is 12.2. The number of carbonyl (C=O) groups is 2. The van der Waals surface area contributed by atoms with Gasteiger partial charge in [0.2, 0.25) is 0 Å². The van der Waals surface area contributed by atoms with Gasteiger partial charge in [0, 0.05) is 6.42 Å². The summed E-state index contributed by atoms with van der Waals surface area (Å²) in [6, 6.07) is 0. The number of aliphatic hydroxyl groups is 1. The molecule has 30 heavy (non-hydrogen) atoms. The summed E-state index contributed by atoms with van der Waals surface area (Å²) in [6.07, 6.45) is 10.4. The molecule has 170 valence electrons. The molecule has 2 N–H and O–H groups in total. The van der Waals surface area contributed by atoms with E-state index >= 15 is 0 Å². The highest BCUT2D eigenvalue weighted by Gasteiger charge is 2.61. The highest BCUT2D eigenvalue weighted by atomic mass is 16.5. The number of esters is 1. The van der Waals surface area contributed by atoms with Crippen LogP contribution >= 0.6 is 0 Å². The molecule has 0 heterocycles. The predicted molar refractivity (Wildman–Crippen MR) is 114 cm³/mol. The summed E-state index contributed by atoms with van der Waals surface area (Å²) < 4.78 is 4.76. The van der Waals surface area contributed by atoms with Gasteiger partial charge in [-0.1, -0.05) is 13.8 Å². The molecule has 5 heteroatoms. The average molecular weight is 421 g/mol. The van der Waals surface area contributed by atoms with Crippen molar-refractivity contribution in [2.24, 2.45) is 46.3 Å². The minimum absolute atomic E-state index is 0.0672. The number of rotatable bonds is 5. The van der Waals surface area contributed by atoms with Crippen LogP contribution in [0.25, 0.3) is 0 Å². The summed E-state index contributed by atoms with van der Waals surface area (Å²) in [5.41, 5.74) is 0.413. The van der Waals surface area contributed by atoms with Gasteiger partial charge in [0.15, 0.2) is 0 Å². The van der Waals surface area contributed by atoms with E-state index in [0.29, 0.717) is 29.6 Å². The number of aliphatic carboxylic acids is 1. The highest BCUT2D eigenvalue weighted by molar-refractivity contribution is 5.73. The Kier molecular flexibility index (Phi) is 5.97. The number of carboxylic acids is 1. The molecular weight excluding hydrogens is 380 g/mol. The first kappa shape index (κ1) is 22.1. The van der Waals surface area contributed by atoms with Crippen LogP contribution < -0.4 is 0 Å². The maximum atomic E-state index is 12.2. The van der Waals surface area contributed by atoms with Crippen LogP contribution in [0.5, 0.6) is 0 Å². The molecule has 0 aliphatic heterocycles. The van der Waals surface area contributed by atoms with Gasteiger partial charge in [-0.05, 0) is 105 Å². The topological polar surface area (TPSA) is 83.8 Å². The second-order valence-corrected chi connectivity index (χ2v) is 11.4. The van der Waals surface area contributed by atoms with E-state index in [-0.39, 0.29) is 29.8 Å². The van der Waals surface area contributed by atoms with Gasteiger partial charge in [0.1, 0.15) is 0 Å². The molecule has 0 bridgehead atoms. The quantitative estimate of drug-likeness (QED) is 0.632. The lowest BCUT2D eigenvalue weighted by Gasteiger charge is -2.61. The van der Waals surface area contributed by atoms with Crippen LogP contribution in [0.2, 0.25) is 0 Å². The zero-order valence-corrected chi connectivity index (χ0v) is 18.9. The van der Waals surface area contributed by atoms with E-state index in [1.165, 1.54) is 26.4 Å². The Hall–Kier alpha value is -1.10. The molecule has 0 radical (unpaired) electrons. The number of hydrogen-bond acceptors (Lipinski definition) is 4. The number of methoxy groups -OCH3 is 1. The Morgan fingerprint density at radius 1 is 1.00 bits per heavy atom. The van der Waals surface area contributed by atoms with Crippen LogP contribution in [0.3, 0.4) is 0 Å². The SMILES string of the molecule is COC(=O)CC[C@@H](C(=O)O)[C@H]1CCC2C3CC[C@@H]4C[C@@H](O)CC[C@]4(C)C3CC[C@@]21C. The fourth-order valence-electron chi connectivity index (χ4n) is 8.81. The van der Waals surface area contributed by atoms with E-state index in [1.807, 2.05) is 0 Å². The smallest absolute Gasteiger partial charge is 0.306 e. The van der Waals surface area contributed by atoms with Crippen molar-refractivity contribution in [1.29, 1.82) is 0 Å². The minimum atomic E-state index is -0.746. The lowest BCUT2D eigenvalue weighted by atomic mass is 9.44. The van der Waals surface area contributed by atoms with Gasteiger partial charge in [-0.3, -0.25) is 9.59 Å². The third-order valence-electron chi connectivity index (χ3n) is 10.4. The third-order valence-corrected chi connectivity index (χ3v) is 10.4. The van der Waals surface area contributed by atoms with Crippen molar-refractivity contribution < 1.29 is 24.5 Å². The molecule has 4 fully saturated rings. The molecule has 0 amide bonds. The van der Waals surface area contributed by atoms with Gasteiger partial charge in [-0.15, -0.1) is 0 Å². The minimum Gasteiger partial charge on any atom is -0.481 e. The van der Waals surface area contributed by atoms with Gasteiger partial charge in [0.05, 0.1) is 19.1 Å². The first-order chi connectivity index (χ1) is 14.2. The second-order valence-electron chi connectivity index (χ2n) is 11.4. The predicted octanol–water partition coefficient (Wildman–Crippen LogP) is 4.66. The van der Waals surface area contributed by atoms with Gasteiger partial charge < -0.3 is 14.9 Å². The zero-order chi connectivity index (χ0) is 21.7. The first-order valence-corrected chi connectivity index (χ1v) is 12.2. The van der Waals surface area contributed by atoms with Gasteiger partial charge in [-0.25, -0.2) is 0 Å². The molecule has 3 unspecified atom stereocenters. The lowest BCUT2D eigenvalue weighted by Crippen LogP contribution is -2.54. The molecule has 4 aliphatic rings. The van der Waals surface area contributed by atoms with E-state index in [0.717, 1.165) is 44.4 Å². The van der Waals surface area contributed by atoms with Crippen molar-refractivity contribution in [3.05, 3.63) is 0 Å². The molecule has 0 aromatic rings. The largest absolute Gasteiger partial charge is 0.481 e. The number of carbonyl (C=O) groups excluding carboxylic acids is 1. The summed E-state index contributed by atoms with van der Waals surface area (Å²) >= 11 is 0. The maximum Gasteiger partial charge on any atom is 0.306 e. The van der Waals surface area contributed by atoms with Crippen molar-refractivity contribution >= 4 is 11.9 Å². The highest BCUT2D eigenvalue weighted by Crippen LogP contribution is 2.68. The Morgan fingerprint density at radius 2 is 1.70 bits per heavy atom. The Balaban J connectivity index is 1.53. The summed E-state index contributed by atoms with van der Waals surface area (Å²) in [7, 11) is 1.37. The van der Waals surface area contributed by atoms with Crippen molar-refractivity contribution in [2.45, 2.75) is 90.6 Å². The van der Waals surface area contributed by atoms with Crippen LogP contribution in [-0.2, 0) is 14.3 Å². The zero-order valence-electron chi connectivity index (χ0n) is 18.9. The fourth-order valence-corrected chi connectivity index (χ4v) is 8.81. The number of ether oxygens (including phenoxy) is 1. The van der Waals surface area contributed by atoms with Crippen molar-refractivity contribution in [1.82, 2.24) is 0 Å². The summed E-state index contributed by atoms with van der Waals surface area (Å²) in [4.78, 5) is 23.8. The first-order valence-electron chi connectivity index (χ1n) is 12.2. The van der Waals surface area contributed by atoms with E-state index in [2.05, 4.69) is 13.8 Å². The summed E-state index contributed by atoms with van der Waals surface area (Å²) in [6.45, 7) is 4.85. The van der Waals surface area contributed by atoms with E-state index in [1.54, 1.807) is 0 Å². The molecule has 0 spiro atoms. The molecule has 0 aromatic carbocycles. The van der Waals surface area contributed by atoms with Gasteiger partial charge in [-0.2, -0.15) is 0 Å². The average Bonchev–Trinajstić information content (AvgIpc) is 3.05. The van der Waals surface area contributed by atoms with E-state index < -0.39 is 11.9 Å². The van der Waals surface area contributed by atoms with Gasteiger partial charge in [0.25, 0.3) is 0 Å². The Labute approximate surface area is 180 Å². The van der Waals surface area contributed by atoms with Crippen molar-refractivity contribution in [3.8, 4) is 0 Å². The van der Waals surface area contributed by atoms with E-state index in [4.69, 9.17) is 4.74 Å². The summed E-state index contributed by atoms with van der Waals surface area (Å²) in [5.74, 6) is 1.32. The molecule has 9 atom stereocenters.